The summed E-state index contributed by atoms with van der Waals surface area (Å²) in [7, 11) is 0. The van der Waals surface area contributed by atoms with E-state index in [0.29, 0.717) is 12.4 Å². The van der Waals surface area contributed by atoms with Crippen molar-refractivity contribution in [1.29, 1.82) is 0 Å². The summed E-state index contributed by atoms with van der Waals surface area (Å²) in [6.45, 7) is 0.468. The Kier molecular flexibility index (Phi) is 4.46. The highest BCUT2D eigenvalue weighted by molar-refractivity contribution is 5.78. The van der Waals surface area contributed by atoms with Gasteiger partial charge in [-0.05, 0) is 24.5 Å². The number of carbonyl (C=O) groups is 1. The second-order valence-corrected chi connectivity index (χ2v) is 5.68. The van der Waals surface area contributed by atoms with Gasteiger partial charge < -0.3 is 5.32 Å². The molecule has 116 valence electrons. The van der Waals surface area contributed by atoms with Crippen LogP contribution in [0.1, 0.15) is 37.7 Å². The zero-order valence-electron chi connectivity index (χ0n) is 12.3. The van der Waals surface area contributed by atoms with Crippen molar-refractivity contribution < 1.29 is 9.18 Å². The molecule has 1 saturated carbocycles. The molecule has 1 aliphatic carbocycles. The number of nitrogens with zero attached hydrogens (tertiary/aromatic N) is 3. The van der Waals surface area contributed by atoms with Crippen LogP contribution in [0.3, 0.4) is 0 Å². The van der Waals surface area contributed by atoms with Gasteiger partial charge in [-0.25, -0.2) is 14.1 Å². The van der Waals surface area contributed by atoms with E-state index in [4.69, 9.17) is 0 Å². The Hall–Kier alpha value is -2.24. The zero-order chi connectivity index (χ0) is 15.4. The number of carbonyl (C=O) groups excluding carboxylic acids is 1. The molecular formula is C16H19FN4O. The third-order valence-corrected chi connectivity index (χ3v) is 4.04. The van der Waals surface area contributed by atoms with Gasteiger partial charge in [-0.3, -0.25) is 4.79 Å². The van der Waals surface area contributed by atoms with E-state index < -0.39 is 5.82 Å². The molecule has 22 heavy (non-hydrogen) atoms. The van der Waals surface area contributed by atoms with Crippen LogP contribution in [0.25, 0.3) is 5.82 Å². The fraction of sp³-hybridized carbons (Fsp3) is 0.438. The summed E-state index contributed by atoms with van der Waals surface area (Å²) >= 11 is 0. The second-order valence-electron chi connectivity index (χ2n) is 5.68. The molecule has 1 N–H and O–H groups in total. The maximum absolute atomic E-state index is 12.9. The summed E-state index contributed by atoms with van der Waals surface area (Å²) in [4.78, 5) is 16.3. The first-order chi connectivity index (χ1) is 10.7. The average Bonchev–Trinajstić information content (AvgIpc) is 3.00. The van der Waals surface area contributed by atoms with E-state index in [9.17, 15) is 9.18 Å². The summed E-state index contributed by atoms with van der Waals surface area (Å²) in [5, 5.41) is 6.83. The first-order valence-electron chi connectivity index (χ1n) is 7.65. The minimum Gasteiger partial charge on any atom is -0.352 e. The Morgan fingerprint density at radius 1 is 1.27 bits per heavy atom. The lowest BCUT2D eigenvalue weighted by atomic mass is 9.88. The molecule has 0 saturated heterocycles. The molecule has 0 atom stereocenters. The third kappa shape index (κ3) is 3.50. The minimum absolute atomic E-state index is 0.137. The maximum Gasteiger partial charge on any atom is 0.223 e. The van der Waals surface area contributed by atoms with Crippen LogP contribution < -0.4 is 5.32 Å². The van der Waals surface area contributed by atoms with Crippen molar-refractivity contribution in [3.63, 3.8) is 0 Å². The molecule has 0 radical (unpaired) electrons. The lowest BCUT2D eigenvalue weighted by Gasteiger charge is -2.20. The number of rotatable bonds is 4. The van der Waals surface area contributed by atoms with Crippen molar-refractivity contribution >= 4 is 5.91 Å². The van der Waals surface area contributed by atoms with Gasteiger partial charge in [0.25, 0.3) is 0 Å². The van der Waals surface area contributed by atoms with Gasteiger partial charge in [0.2, 0.25) is 5.91 Å². The molecule has 0 aliphatic heterocycles. The first kappa shape index (κ1) is 14.7. The highest BCUT2D eigenvalue weighted by Gasteiger charge is 2.20. The van der Waals surface area contributed by atoms with Crippen LogP contribution in [-0.4, -0.2) is 20.7 Å². The number of halogens is 1. The van der Waals surface area contributed by atoms with Gasteiger partial charge >= 0.3 is 0 Å². The Bertz CT molecular complexity index is 632. The molecule has 0 spiro atoms. The lowest BCUT2D eigenvalue weighted by molar-refractivity contribution is -0.126. The van der Waals surface area contributed by atoms with Gasteiger partial charge in [-0.2, -0.15) is 5.10 Å². The van der Waals surface area contributed by atoms with Crippen LogP contribution in [0.5, 0.6) is 0 Å². The summed E-state index contributed by atoms with van der Waals surface area (Å²) in [5.41, 5.74) is 0.917. The maximum atomic E-state index is 12.9. The van der Waals surface area contributed by atoms with Crippen molar-refractivity contribution in [3.8, 4) is 5.82 Å². The Balaban J connectivity index is 1.56. The van der Waals surface area contributed by atoms with E-state index in [2.05, 4.69) is 15.4 Å². The van der Waals surface area contributed by atoms with E-state index in [0.717, 1.165) is 37.4 Å². The standard InChI is InChI=1S/C16H19FN4O/c17-14-10-20-21(11-14)15-7-6-12(8-18-15)9-19-16(22)13-4-2-1-3-5-13/h6-8,10-11,13H,1-5,9H2,(H,19,22). The van der Waals surface area contributed by atoms with Crippen molar-refractivity contribution in [2.45, 2.75) is 38.6 Å². The number of pyridine rings is 1. The smallest absolute Gasteiger partial charge is 0.223 e. The molecular weight excluding hydrogens is 283 g/mol. The molecule has 2 aromatic rings. The van der Waals surface area contributed by atoms with Crippen LogP contribution in [0.15, 0.2) is 30.7 Å². The molecule has 0 bridgehead atoms. The van der Waals surface area contributed by atoms with Crippen LogP contribution in [0.2, 0.25) is 0 Å². The van der Waals surface area contributed by atoms with Crippen LogP contribution in [-0.2, 0) is 11.3 Å². The van der Waals surface area contributed by atoms with Gasteiger partial charge in [0.15, 0.2) is 11.6 Å². The number of aromatic nitrogens is 3. The van der Waals surface area contributed by atoms with E-state index in [1.54, 1.807) is 12.3 Å². The van der Waals surface area contributed by atoms with Crippen molar-refractivity contribution in [1.82, 2.24) is 20.1 Å². The molecule has 1 fully saturated rings. The second kappa shape index (κ2) is 6.68. The predicted octanol–water partition coefficient (Wildman–Crippen LogP) is 2.60. The highest BCUT2D eigenvalue weighted by atomic mass is 19.1. The Labute approximate surface area is 128 Å². The van der Waals surface area contributed by atoms with Gasteiger partial charge in [-0.15, -0.1) is 0 Å². The van der Waals surface area contributed by atoms with Crippen LogP contribution in [0, 0.1) is 11.7 Å². The minimum atomic E-state index is -0.398. The SMILES string of the molecule is O=C(NCc1ccc(-n2cc(F)cn2)nc1)C1CCCCC1. The lowest BCUT2D eigenvalue weighted by Crippen LogP contribution is -2.31. The number of hydrogen-bond donors (Lipinski definition) is 1. The molecule has 0 aromatic carbocycles. The van der Waals surface area contributed by atoms with Gasteiger partial charge in [0.05, 0.1) is 12.4 Å². The third-order valence-electron chi connectivity index (χ3n) is 4.04. The van der Waals surface area contributed by atoms with Crippen molar-refractivity contribution in [2.24, 2.45) is 5.92 Å². The van der Waals surface area contributed by atoms with Gasteiger partial charge in [-0.1, -0.05) is 25.3 Å². The molecule has 0 unspecified atom stereocenters. The highest BCUT2D eigenvalue weighted by Crippen LogP contribution is 2.23. The fourth-order valence-corrected chi connectivity index (χ4v) is 2.78. The van der Waals surface area contributed by atoms with Crippen molar-refractivity contribution in [3.05, 3.63) is 42.1 Å². The quantitative estimate of drug-likeness (QED) is 0.944. The van der Waals surface area contributed by atoms with E-state index >= 15 is 0 Å². The molecule has 6 heteroatoms. The summed E-state index contributed by atoms with van der Waals surface area (Å²) < 4.78 is 14.3. The number of nitrogens with one attached hydrogen (secondary N) is 1. The topological polar surface area (TPSA) is 59.8 Å². The normalized spacial score (nSPS) is 15.7. The Morgan fingerprint density at radius 2 is 2.09 bits per heavy atom. The first-order valence-corrected chi connectivity index (χ1v) is 7.65. The molecule has 2 aromatic heterocycles. The largest absolute Gasteiger partial charge is 0.352 e. The Morgan fingerprint density at radius 3 is 2.73 bits per heavy atom. The van der Waals surface area contributed by atoms with E-state index in [1.165, 1.54) is 17.3 Å². The monoisotopic (exact) mass is 302 g/mol. The summed E-state index contributed by atoms with van der Waals surface area (Å²) in [6, 6.07) is 3.62. The number of amides is 1. The number of hydrogen-bond acceptors (Lipinski definition) is 3. The predicted molar refractivity (Wildman–Crippen MR) is 79.7 cm³/mol. The van der Waals surface area contributed by atoms with Gasteiger partial charge in [0.1, 0.15) is 0 Å². The average molecular weight is 302 g/mol. The van der Waals surface area contributed by atoms with E-state index in [-0.39, 0.29) is 11.8 Å². The van der Waals surface area contributed by atoms with E-state index in [1.807, 2.05) is 6.07 Å². The summed E-state index contributed by atoms with van der Waals surface area (Å²) in [5.74, 6) is 0.447. The molecule has 5 nitrogen and oxygen atoms in total. The molecule has 2 heterocycles. The zero-order valence-corrected chi connectivity index (χ0v) is 12.3. The van der Waals surface area contributed by atoms with Crippen LogP contribution >= 0.6 is 0 Å². The van der Waals surface area contributed by atoms with Crippen LogP contribution in [0.4, 0.5) is 4.39 Å². The molecule has 1 amide bonds. The van der Waals surface area contributed by atoms with Gasteiger partial charge in [0, 0.05) is 18.7 Å². The molecule has 3 rings (SSSR count). The molecule has 1 aliphatic rings. The fourth-order valence-electron chi connectivity index (χ4n) is 2.78. The van der Waals surface area contributed by atoms with Crippen molar-refractivity contribution in [2.75, 3.05) is 0 Å². The summed E-state index contributed by atoms with van der Waals surface area (Å²) in [6.07, 6.45) is 9.61.